The lowest BCUT2D eigenvalue weighted by atomic mass is 10.2. The molecule has 122 valence electrons. The van der Waals surface area contributed by atoms with E-state index in [1.807, 2.05) is 17.5 Å². The number of thiophene rings is 1. The van der Waals surface area contributed by atoms with E-state index in [2.05, 4.69) is 26.0 Å². The van der Waals surface area contributed by atoms with Crippen LogP contribution in [0.4, 0.5) is 0 Å². The molecule has 2 aromatic rings. The van der Waals surface area contributed by atoms with Crippen molar-refractivity contribution in [2.45, 2.75) is 19.6 Å². The summed E-state index contributed by atoms with van der Waals surface area (Å²) in [6.07, 6.45) is -0.657. The van der Waals surface area contributed by atoms with Crippen molar-refractivity contribution in [2.24, 2.45) is 0 Å². The topological polar surface area (TPSA) is 64.6 Å². The Morgan fingerprint density at radius 2 is 2.13 bits per heavy atom. The van der Waals surface area contributed by atoms with E-state index in [9.17, 15) is 9.59 Å². The lowest BCUT2D eigenvalue weighted by Crippen LogP contribution is -2.35. The molecular formula is C16H16BrNO4S. The van der Waals surface area contributed by atoms with Crippen LogP contribution in [0.1, 0.15) is 22.2 Å². The molecule has 0 bridgehead atoms. The summed E-state index contributed by atoms with van der Waals surface area (Å²) in [5.41, 5.74) is 0.404. The Labute approximate surface area is 146 Å². The normalized spacial score (nSPS) is 11.6. The fourth-order valence-corrected chi connectivity index (χ4v) is 2.93. The second kappa shape index (κ2) is 8.12. The fraction of sp³-hybridized carbons (Fsp3) is 0.250. The summed E-state index contributed by atoms with van der Waals surface area (Å²) in [6.45, 7) is 2.15. The highest BCUT2D eigenvalue weighted by Crippen LogP contribution is 2.27. The number of carbonyl (C=O) groups is 2. The molecular weight excluding hydrogens is 382 g/mol. The van der Waals surface area contributed by atoms with Crippen LogP contribution in [0.3, 0.4) is 0 Å². The first kappa shape index (κ1) is 17.5. The number of hydrogen-bond acceptors (Lipinski definition) is 5. The van der Waals surface area contributed by atoms with E-state index in [-0.39, 0.29) is 5.91 Å². The maximum absolute atomic E-state index is 12.1. The molecule has 1 heterocycles. The Balaban J connectivity index is 1.95. The van der Waals surface area contributed by atoms with Gasteiger partial charge in [-0.15, -0.1) is 11.3 Å². The Morgan fingerprint density at radius 3 is 2.74 bits per heavy atom. The van der Waals surface area contributed by atoms with Gasteiger partial charge in [-0.25, -0.2) is 4.79 Å². The molecule has 0 aliphatic heterocycles. The molecule has 5 nitrogen and oxygen atoms in total. The molecule has 0 unspecified atom stereocenters. The number of rotatable bonds is 6. The minimum atomic E-state index is -0.657. The summed E-state index contributed by atoms with van der Waals surface area (Å²) in [7, 11) is 1.32. The van der Waals surface area contributed by atoms with Gasteiger partial charge in [0.15, 0.2) is 6.10 Å². The first-order chi connectivity index (χ1) is 11.0. The van der Waals surface area contributed by atoms with Gasteiger partial charge in [-0.1, -0.05) is 6.07 Å². The molecule has 1 N–H and O–H groups in total. The molecule has 0 aliphatic rings. The predicted molar refractivity (Wildman–Crippen MR) is 91.7 cm³/mol. The van der Waals surface area contributed by atoms with E-state index in [0.717, 1.165) is 4.88 Å². The largest absolute Gasteiger partial charge is 0.480 e. The highest BCUT2D eigenvalue weighted by atomic mass is 79.9. The molecule has 1 aromatic carbocycles. The minimum Gasteiger partial charge on any atom is -0.480 e. The monoisotopic (exact) mass is 397 g/mol. The Kier molecular flexibility index (Phi) is 6.18. The fourth-order valence-electron chi connectivity index (χ4n) is 1.82. The van der Waals surface area contributed by atoms with E-state index < -0.39 is 12.1 Å². The summed E-state index contributed by atoms with van der Waals surface area (Å²) in [5.74, 6) is -0.155. The molecule has 2 rings (SSSR count). The zero-order valence-electron chi connectivity index (χ0n) is 12.7. The first-order valence-electron chi connectivity index (χ1n) is 6.86. The molecule has 0 fully saturated rings. The summed E-state index contributed by atoms with van der Waals surface area (Å²) in [6, 6.07) is 8.70. The lowest BCUT2D eigenvalue weighted by molar-refractivity contribution is -0.127. The average Bonchev–Trinajstić information content (AvgIpc) is 3.07. The molecule has 1 amide bonds. The molecule has 23 heavy (non-hydrogen) atoms. The zero-order valence-corrected chi connectivity index (χ0v) is 15.1. The summed E-state index contributed by atoms with van der Waals surface area (Å²) in [4.78, 5) is 24.6. The maximum Gasteiger partial charge on any atom is 0.337 e. The third kappa shape index (κ3) is 4.80. The standard InChI is InChI=1S/C16H16BrNO4S/c1-10(15(19)18-9-12-4-3-7-23-12)22-14-6-5-11(8-13(14)17)16(20)21-2/h3-8,10H,9H2,1-2H3,(H,18,19)/t10-/m1/s1. The van der Waals surface area contributed by atoms with Crippen molar-refractivity contribution in [1.29, 1.82) is 0 Å². The van der Waals surface area contributed by atoms with E-state index in [4.69, 9.17) is 4.74 Å². The van der Waals surface area contributed by atoms with Gasteiger partial charge in [0, 0.05) is 4.88 Å². The Hall–Kier alpha value is -1.86. The third-order valence-corrected chi connectivity index (χ3v) is 4.54. The summed E-state index contributed by atoms with van der Waals surface area (Å²) < 4.78 is 10.9. The van der Waals surface area contributed by atoms with Crippen LogP contribution in [0.15, 0.2) is 40.2 Å². The molecule has 7 heteroatoms. The van der Waals surface area contributed by atoms with Gasteiger partial charge in [-0.05, 0) is 52.5 Å². The Bertz CT molecular complexity index is 687. The minimum absolute atomic E-state index is 0.206. The van der Waals surface area contributed by atoms with Crippen molar-refractivity contribution in [2.75, 3.05) is 7.11 Å². The number of ether oxygens (including phenoxy) is 2. The van der Waals surface area contributed by atoms with Gasteiger partial charge < -0.3 is 14.8 Å². The number of nitrogens with one attached hydrogen (secondary N) is 1. The number of carbonyl (C=O) groups excluding carboxylic acids is 2. The van der Waals surface area contributed by atoms with Crippen molar-refractivity contribution in [3.05, 3.63) is 50.6 Å². The van der Waals surface area contributed by atoms with Crippen LogP contribution in [-0.2, 0) is 16.1 Å². The van der Waals surface area contributed by atoms with Gasteiger partial charge in [-0.2, -0.15) is 0 Å². The van der Waals surface area contributed by atoms with Gasteiger partial charge in [0.1, 0.15) is 5.75 Å². The van der Waals surface area contributed by atoms with Crippen LogP contribution in [0.2, 0.25) is 0 Å². The second-order valence-electron chi connectivity index (χ2n) is 4.69. The zero-order chi connectivity index (χ0) is 16.8. The van der Waals surface area contributed by atoms with Gasteiger partial charge in [0.2, 0.25) is 0 Å². The molecule has 0 spiro atoms. The average molecular weight is 398 g/mol. The quantitative estimate of drug-likeness (QED) is 0.758. The molecule has 1 aromatic heterocycles. The summed E-state index contributed by atoms with van der Waals surface area (Å²) >= 11 is 4.91. The van der Waals surface area contributed by atoms with E-state index in [0.29, 0.717) is 22.3 Å². The van der Waals surface area contributed by atoms with Crippen molar-refractivity contribution < 1.29 is 19.1 Å². The molecule has 0 radical (unpaired) electrons. The number of methoxy groups -OCH3 is 1. The van der Waals surface area contributed by atoms with Crippen LogP contribution in [-0.4, -0.2) is 25.1 Å². The van der Waals surface area contributed by atoms with Crippen molar-refractivity contribution in [3.8, 4) is 5.75 Å². The smallest absolute Gasteiger partial charge is 0.337 e. The van der Waals surface area contributed by atoms with Gasteiger partial charge in [-0.3, -0.25) is 4.79 Å². The SMILES string of the molecule is COC(=O)c1ccc(O[C@H](C)C(=O)NCc2cccs2)c(Br)c1. The van der Waals surface area contributed by atoms with Crippen LogP contribution in [0, 0.1) is 0 Å². The van der Waals surface area contributed by atoms with Crippen LogP contribution in [0.5, 0.6) is 5.75 Å². The predicted octanol–water partition coefficient (Wildman–Crippen LogP) is 3.38. The molecule has 1 atom stereocenters. The number of esters is 1. The highest BCUT2D eigenvalue weighted by molar-refractivity contribution is 9.10. The summed E-state index contributed by atoms with van der Waals surface area (Å²) in [5, 5.41) is 4.78. The van der Waals surface area contributed by atoms with Crippen molar-refractivity contribution in [3.63, 3.8) is 0 Å². The third-order valence-electron chi connectivity index (χ3n) is 3.04. The highest BCUT2D eigenvalue weighted by Gasteiger charge is 2.17. The van der Waals surface area contributed by atoms with Crippen molar-refractivity contribution >= 4 is 39.1 Å². The van der Waals surface area contributed by atoms with Gasteiger partial charge in [0.25, 0.3) is 5.91 Å². The van der Waals surface area contributed by atoms with E-state index >= 15 is 0 Å². The Morgan fingerprint density at radius 1 is 1.35 bits per heavy atom. The lowest BCUT2D eigenvalue weighted by Gasteiger charge is -2.16. The van der Waals surface area contributed by atoms with E-state index in [1.54, 1.807) is 36.5 Å². The number of hydrogen-bond donors (Lipinski definition) is 1. The van der Waals surface area contributed by atoms with Crippen LogP contribution in [0.25, 0.3) is 0 Å². The second-order valence-corrected chi connectivity index (χ2v) is 6.58. The maximum atomic E-state index is 12.1. The molecule has 0 saturated heterocycles. The number of benzene rings is 1. The van der Waals surface area contributed by atoms with Crippen LogP contribution >= 0.6 is 27.3 Å². The van der Waals surface area contributed by atoms with Gasteiger partial charge >= 0.3 is 5.97 Å². The number of halogens is 1. The molecule has 0 saturated carbocycles. The van der Waals surface area contributed by atoms with Crippen molar-refractivity contribution in [1.82, 2.24) is 5.32 Å². The molecule has 0 aliphatic carbocycles. The van der Waals surface area contributed by atoms with E-state index in [1.165, 1.54) is 7.11 Å². The van der Waals surface area contributed by atoms with Gasteiger partial charge in [0.05, 0.1) is 23.7 Å². The van der Waals surface area contributed by atoms with Crippen LogP contribution < -0.4 is 10.1 Å². The number of amides is 1. The first-order valence-corrected chi connectivity index (χ1v) is 8.53.